The van der Waals surface area contributed by atoms with Gasteiger partial charge in [-0.1, -0.05) is 18.5 Å². The van der Waals surface area contributed by atoms with E-state index in [-0.39, 0.29) is 6.01 Å². The molecule has 0 saturated heterocycles. The molecular weight excluding hydrogens is 372 g/mol. The summed E-state index contributed by atoms with van der Waals surface area (Å²) in [6, 6.07) is 5.58. The third-order valence-electron chi connectivity index (χ3n) is 2.87. The number of benzene rings is 1. The molecule has 1 aromatic carbocycles. The lowest BCUT2D eigenvalue weighted by molar-refractivity contribution is 0.439. The van der Waals surface area contributed by atoms with E-state index in [0.717, 1.165) is 23.4 Å². The van der Waals surface area contributed by atoms with Crippen molar-refractivity contribution in [3.8, 4) is 11.8 Å². The number of halogens is 1. The van der Waals surface area contributed by atoms with Crippen molar-refractivity contribution >= 4 is 39.4 Å². The Labute approximate surface area is 150 Å². The summed E-state index contributed by atoms with van der Waals surface area (Å²) in [6.45, 7) is 4.00. The number of nitrogens with zero attached hydrogens (tertiary/aromatic N) is 3. The second-order valence-electron chi connectivity index (χ2n) is 4.84. The fourth-order valence-electron chi connectivity index (χ4n) is 1.75. The smallest absolute Gasteiger partial charge is 0.321 e. The van der Waals surface area contributed by atoms with Gasteiger partial charge < -0.3 is 9.46 Å². The minimum atomic E-state index is -3.27. The van der Waals surface area contributed by atoms with Gasteiger partial charge in [0.15, 0.2) is 0 Å². The van der Waals surface area contributed by atoms with Crippen LogP contribution in [0.15, 0.2) is 30.6 Å². The minimum Gasteiger partial charge on any atom is -0.424 e. The van der Waals surface area contributed by atoms with Crippen LogP contribution in [-0.4, -0.2) is 34.9 Å². The first-order chi connectivity index (χ1) is 11.3. The lowest BCUT2D eigenvalue weighted by Gasteiger charge is -2.17. The summed E-state index contributed by atoms with van der Waals surface area (Å²) >= 11 is 6.75. The molecule has 0 bridgehead atoms. The monoisotopic (exact) mass is 388 g/mol. The van der Waals surface area contributed by atoms with Crippen molar-refractivity contribution in [1.82, 2.24) is 13.7 Å². The normalized spacial score (nSPS) is 11.5. The van der Waals surface area contributed by atoms with Crippen LogP contribution >= 0.6 is 23.7 Å². The lowest BCUT2D eigenvalue weighted by atomic mass is 10.2. The Morgan fingerprint density at radius 1 is 1.33 bits per heavy atom. The summed E-state index contributed by atoms with van der Waals surface area (Å²) in [5, 5.41) is 0.432. The third kappa shape index (κ3) is 5.23. The standard InChI is InChI=1S/C14H17ClN4O3S2/c1-4-19(24(3,20)21)23-18-12-5-6-13(10(2)7-12)22-14-16-8-11(15)9-17-14/h5-9,18H,4H2,1-3H3. The summed E-state index contributed by atoms with van der Waals surface area (Å²) in [5.74, 6) is 0.600. The van der Waals surface area contributed by atoms with Gasteiger partial charge in [0.25, 0.3) is 0 Å². The molecule has 0 radical (unpaired) electrons. The molecule has 0 aliphatic heterocycles. The van der Waals surface area contributed by atoms with E-state index in [1.807, 2.05) is 13.0 Å². The summed E-state index contributed by atoms with van der Waals surface area (Å²) < 4.78 is 33.0. The molecule has 0 aliphatic carbocycles. The van der Waals surface area contributed by atoms with E-state index in [2.05, 4.69) is 14.7 Å². The van der Waals surface area contributed by atoms with Gasteiger partial charge in [0.1, 0.15) is 5.75 Å². The second-order valence-corrected chi connectivity index (χ2v) is 8.24. The highest BCUT2D eigenvalue weighted by Gasteiger charge is 2.15. The third-order valence-corrected chi connectivity index (χ3v) is 5.88. The van der Waals surface area contributed by atoms with Crippen molar-refractivity contribution in [2.75, 3.05) is 17.5 Å². The minimum absolute atomic E-state index is 0.201. The van der Waals surface area contributed by atoms with Crippen LogP contribution in [0.4, 0.5) is 5.69 Å². The SMILES string of the molecule is CCN(SNc1ccc(Oc2ncc(Cl)cn2)c(C)c1)S(C)(=O)=O. The Bertz CT molecular complexity index is 800. The molecule has 1 N–H and O–H groups in total. The molecule has 24 heavy (non-hydrogen) atoms. The predicted molar refractivity (Wildman–Crippen MR) is 96.7 cm³/mol. The highest BCUT2D eigenvalue weighted by molar-refractivity contribution is 8.09. The summed E-state index contributed by atoms with van der Waals surface area (Å²) in [4.78, 5) is 7.95. The Hall–Kier alpha value is -1.55. The molecule has 1 heterocycles. The number of rotatable bonds is 7. The van der Waals surface area contributed by atoms with Gasteiger partial charge in [-0.3, -0.25) is 0 Å². The maximum absolute atomic E-state index is 11.6. The number of aromatic nitrogens is 2. The first-order valence-electron chi connectivity index (χ1n) is 6.96. The quantitative estimate of drug-likeness (QED) is 0.726. The summed E-state index contributed by atoms with van der Waals surface area (Å²) in [6.07, 6.45) is 4.08. The molecular formula is C14H17ClN4O3S2. The molecule has 0 unspecified atom stereocenters. The molecule has 0 atom stereocenters. The Balaban J connectivity index is 2.05. The van der Waals surface area contributed by atoms with Crippen LogP contribution in [0.5, 0.6) is 11.8 Å². The molecule has 0 aliphatic rings. The Morgan fingerprint density at radius 3 is 2.54 bits per heavy atom. The Kier molecular flexibility index (Phi) is 6.27. The maximum Gasteiger partial charge on any atom is 0.321 e. The van der Waals surface area contributed by atoms with Gasteiger partial charge in [-0.25, -0.2) is 18.4 Å². The highest BCUT2D eigenvalue weighted by Crippen LogP contribution is 2.27. The highest BCUT2D eigenvalue weighted by atomic mass is 35.5. The number of hydrogen-bond acceptors (Lipinski definition) is 7. The van der Waals surface area contributed by atoms with Crippen LogP contribution in [0.3, 0.4) is 0 Å². The van der Waals surface area contributed by atoms with E-state index in [1.165, 1.54) is 22.4 Å². The van der Waals surface area contributed by atoms with Crippen molar-refractivity contribution < 1.29 is 13.2 Å². The zero-order valence-electron chi connectivity index (χ0n) is 13.4. The number of ether oxygens (including phenoxy) is 1. The van der Waals surface area contributed by atoms with E-state index >= 15 is 0 Å². The number of hydrogen-bond donors (Lipinski definition) is 1. The second kappa shape index (κ2) is 8.02. The lowest BCUT2D eigenvalue weighted by Crippen LogP contribution is -2.24. The van der Waals surface area contributed by atoms with Crippen LogP contribution < -0.4 is 9.46 Å². The first-order valence-corrected chi connectivity index (χ1v) is 9.96. The van der Waals surface area contributed by atoms with E-state index in [0.29, 0.717) is 17.3 Å². The molecule has 10 heteroatoms. The molecule has 2 rings (SSSR count). The molecule has 0 spiro atoms. The maximum atomic E-state index is 11.6. The van der Waals surface area contributed by atoms with Gasteiger partial charge in [-0.15, -0.1) is 3.71 Å². The van der Waals surface area contributed by atoms with Crippen LogP contribution in [0.1, 0.15) is 12.5 Å². The van der Waals surface area contributed by atoms with Crippen LogP contribution in [0.2, 0.25) is 5.02 Å². The van der Waals surface area contributed by atoms with Crippen molar-refractivity contribution in [1.29, 1.82) is 0 Å². The molecule has 2 aromatic rings. The van der Waals surface area contributed by atoms with Crippen molar-refractivity contribution in [2.24, 2.45) is 0 Å². The Morgan fingerprint density at radius 2 is 2.00 bits per heavy atom. The van der Waals surface area contributed by atoms with E-state index < -0.39 is 10.0 Å². The average Bonchev–Trinajstić information content (AvgIpc) is 2.51. The van der Waals surface area contributed by atoms with Crippen molar-refractivity contribution in [3.05, 3.63) is 41.2 Å². The fourth-order valence-corrected chi connectivity index (χ4v) is 3.43. The fraction of sp³-hybridized carbons (Fsp3) is 0.286. The zero-order chi connectivity index (χ0) is 17.7. The number of aryl methyl sites for hydroxylation is 1. The van der Waals surface area contributed by atoms with E-state index in [1.54, 1.807) is 19.1 Å². The van der Waals surface area contributed by atoms with Gasteiger partial charge in [-0.2, -0.15) is 0 Å². The molecule has 130 valence electrons. The molecule has 0 amide bonds. The van der Waals surface area contributed by atoms with Crippen molar-refractivity contribution in [2.45, 2.75) is 13.8 Å². The topological polar surface area (TPSA) is 84.4 Å². The molecule has 7 nitrogen and oxygen atoms in total. The average molecular weight is 389 g/mol. The van der Waals surface area contributed by atoms with Crippen molar-refractivity contribution in [3.63, 3.8) is 0 Å². The zero-order valence-corrected chi connectivity index (χ0v) is 15.7. The van der Waals surface area contributed by atoms with Crippen LogP contribution in [0.25, 0.3) is 0 Å². The largest absolute Gasteiger partial charge is 0.424 e. The van der Waals surface area contributed by atoms with Gasteiger partial charge in [0.2, 0.25) is 10.0 Å². The first kappa shape index (κ1) is 18.8. The van der Waals surface area contributed by atoms with Gasteiger partial charge in [0, 0.05) is 12.2 Å². The van der Waals surface area contributed by atoms with Gasteiger partial charge >= 0.3 is 6.01 Å². The van der Waals surface area contributed by atoms with E-state index in [9.17, 15) is 8.42 Å². The summed E-state index contributed by atoms with van der Waals surface area (Å²) in [7, 11) is -3.27. The van der Waals surface area contributed by atoms with Crippen LogP contribution in [-0.2, 0) is 10.0 Å². The van der Waals surface area contributed by atoms with Crippen LogP contribution in [0, 0.1) is 6.92 Å². The number of nitrogens with one attached hydrogen (secondary N) is 1. The van der Waals surface area contributed by atoms with Gasteiger partial charge in [0.05, 0.1) is 35.8 Å². The van der Waals surface area contributed by atoms with Gasteiger partial charge in [-0.05, 0) is 30.7 Å². The molecule has 1 aromatic heterocycles. The number of anilines is 1. The number of sulfonamides is 1. The predicted octanol–water partition coefficient (Wildman–Crippen LogP) is 3.49. The van der Waals surface area contributed by atoms with E-state index in [4.69, 9.17) is 16.3 Å². The molecule has 0 fully saturated rings. The molecule has 0 saturated carbocycles. The summed E-state index contributed by atoms with van der Waals surface area (Å²) in [5.41, 5.74) is 1.60.